The van der Waals surface area contributed by atoms with Crippen molar-refractivity contribution >= 4 is 16.9 Å². The van der Waals surface area contributed by atoms with Crippen LogP contribution in [0.15, 0.2) is 51.7 Å². The van der Waals surface area contributed by atoms with Gasteiger partial charge in [-0.3, -0.25) is 9.59 Å². The summed E-state index contributed by atoms with van der Waals surface area (Å²) in [5, 5.41) is 0.489. The summed E-state index contributed by atoms with van der Waals surface area (Å²) < 4.78 is 16.8. The topological polar surface area (TPSA) is 69.0 Å². The van der Waals surface area contributed by atoms with Gasteiger partial charge in [-0.05, 0) is 43.2 Å². The molecule has 4 rings (SSSR count). The zero-order chi connectivity index (χ0) is 21.3. The quantitative estimate of drug-likeness (QED) is 0.590. The highest BCUT2D eigenvalue weighted by Gasteiger charge is 2.42. The van der Waals surface area contributed by atoms with Gasteiger partial charge in [-0.25, -0.2) is 0 Å². The van der Waals surface area contributed by atoms with Crippen molar-refractivity contribution in [1.82, 2.24) is 4.90 Å². The van der Waals surface area contributed by atoms with Gasteiger partial charge in [0.15, 0.2) is 5.43 Å². The average molecular weight is 407 g/mol. The second kappa shape index (κ2) is 8.32. The Kier molecular flexibility index (Phi) is 5.59. The van der Waals surface area contributed by atoms with Gasteiger partial charge in [0.1, 0.15) is 11.3 Å². The van der Waals surface area contributed by atoms with Crippen LogP contribution in [-0.4, -0.2) is 37.7 Å². The molecule has 0 N–H and O–H groups in total. The first kappa shape index (κ1) is 20.2. The molecule has 2 heterocycles. The van der Waals surface area contributed by atoms with Crippen molar-refractivity contribution in [1.29, 1.82) is 0 Å². The van der Waals surface area contributed by atoms with E-state index in [-0.39, 0.29) is 17.1 Å². The Morgan fingerprint density at radius 3 is 2.53 bits per heavy atom. The van der Waals surface area contributed by atoms with E-state index in [0.29, 0.717) is 36.3 Å². The third-order valence-corrected chi connectivity index (χ3v) is 5.33. The molecule has 1 aliphatic heterocycles. The standard InChI is InChI=1S/C24H25NO5/c1-4-12-29-17-8-6-16(7-9-17)21-20-22(26)18-14-15(2)5-10-19(18)30-23(20)24(27)25(21)11-13-28-3/h5-10,14,21H,4,11-13H2,1-3H3. The number of nitrogens with zero attached hydrogens (tertiary/aromatic N) is 1. The molecule has 1 aromatic heterocycles. The lowest BCUT2D eigenvalue weighted by atomic mass is 9.98. The fourth-order valence-corrected chi connectivity index (χ4v) is 3.87. The van der Waals surface area contributed by atoms with E-state index in [1.54, 1.807) is 18.1 Å². The first-order valence-electron chi connectivity index (χ1n) is 10.1. The molecule has 0 bridgehead atoms. The molecule has 6 heteroatoms. The van der Waals surface area contributed by atoms with E-state index in [1.165, 1.54) is 0 Å². The number of carbonyl (C=O) groups is 1. The molecule has 1 atom stereocenters. The zero-order valence-electron chi connectivity index (χ0n) is 17.4. The molecule has 0 fully saturated rings. The summed E-state index contributed by atoms with van der Waals surface area (Å²) in [4.78, 5) is 28.3. The fourth-order valence-electron chi connectivity index (χ4n) is 3.87. The smallest absolute Gasteiger partial charge is 0.290 e. The Morgan fingerprint density at radius 2 is 1.83 bits per heavy atom. The number of hydrogen-bond acceptors (Lipinski definition) is 5. The summed E-state index contributed by atoms with van der Waals surface area (Å²) >= 11 is 0. The molecule has 0 spiro atoms. The predicted molar refractivity (Wildman–Crippen MR) is 114 cm³/mol. The third-order valence-electron chi connectivity index (χ3n) is 5.33. The lowest BCUT2D eigenvalue weighted by Crippen LogP contribution is -2.32. The van der Waals surface area contributed by atoms with Crippen molar-refractivity contribution in [2.45, 2.75) is 26.3 Å². The normalized spacial score (nSPS) is 15.6. The third kappa shape index (κ3) is 3.48. The largest absolute Gasteiger partial charge is 0.494 e. The Labute approximate surface area is 175 Å². The molecule has 30 heavy (non-hydrogen) atoms. The number of aryl methyl sites for hydroxylation is 1. The van der Waals surface area contributed by atoms with Crippen molar-refractivity contribution in [3.05, 3.63) is 75.1 Å². The maximum atomic E-state index is 13.4. The van der Waals surface area contributed by atoms with E-state index in [9.17, 15) is 9.59 Å². The monoisotopic (exact) mass is 407 g/mol. The SMILES string of the molecule is CCCOc1ccc(C2c3c(oc4ccc(C)cc4c3=O)C(=O)N2CCOC)cc1. The van der Waals surface area contributed by atoms with Gasteiger partial charge in [0.05, 0.1) is 30.2 Å². The number of benzene rings is 2. The first-order valence-corrected chi connectivity index (χ1v) is 10.1. The highest BCUT2D eigenvalue weighted by molar-refractivity contribution is 5.99. The highest BCUT2D eigenvalue weighted by atomic mass is 16.5. The van der Waals surface area contributed by atoms with Crippen LogP contribution >= 0.6 is 0 Å². The lowest BCUT2D eigenvalue weighted by Gasteiger charge is -2.25. The highest BCUT2D eigenvalue weighted by Crippen LogP contribution is 2.38. The van der Waals surface area contributed by atoms with Crippen LogP contribution in [0.25, 0.3) is 11.0 Å². The van der Waals surface area contributed by atoms with Crippen LogP contribution in [0.2, 0.25) is 0 Å². The molecule has 3 aromatic rings. The summed E-state index contributed by atoms with van der Waals surface area (Å²) in [5.41, 5.74) is 2.44. The number of methoxy groups -OCH3 is 1. The van der Waals surface area contributed by atoms with E-state index in [1.807, 2.05) is 43.3 Å². The van der Waals surface area contributed by atoms with E-state index in [4.69, 9.17) is 13.9 Å². The van der Waals surface area contributed by atoms with Crippen molar-refractivity contribution in [3.8, 4) is 5.75 Å². The molecule has 0 aliphatic carbocycles. The molecule has 1 aliphatic rings. The Hall–Kier alpha value is -3.12. The zero-order valence-corrected chi connectivity index (χ0v) is 17.4. The predicted octanol–water partition coefficient (Wildman–Crippen LogP) is 4.08. The van der Waals surface area contributed by atoms with Crippen LogP contribution < -0.4 is 10.2 Å². The molecule has 0 saturated carbocycles. The summed E-state index contributed by atoms with van der Waals surface area (Å²) in [6, 6.07) is 12.4. The van der Waals surface area contributed by atoms with Crippen molar-refractivity contribution in [3.63, 3.8) is 0 Å². The second-order valence-corrected chi connectivity index (χ2v) is 7.48. The molecule has 2 aromatic carbocycles. The molecule has 156 valence electrons. The number of fused-ring (bicyclic) bond motifs is 2. The molecule has 6 nitrogen and oxygen atoms in total. The minimum atomic E-state index is -0.524. The Balaban J connectivity index is 1.85. The van der Waals surface area contributed by atoms with Crippen LogP contribution in [0.1, 0.15) is 46.6 Å². The van der Waals surface area contributed by atoms with Gasteiger partial charge in [0, 0.05) is 13.7 Å². The van der Waals surface area contributed by atoms with E-state index >= 15 is 0 Å². The summed E-state index contributed by atoms with van der Waals surface area (Å²) in [7, 11) is 1.59. The van der Waals surface area contributed by atoms with Crippen LogP contribution in [0.4, 0.5) is 0 Å². The van der Waals surface area contributed by atoms with Crippen molar-refractivity contribution < 1.29 is 18.7 Å². The number of ether oxygens (including phenoxy) is 2. The minimum Gasteiger partial charge on any atom is -0.494 e. The molecular formula is C24H25NO5. The van der Waals surface area contributed by atoms with E-state index in [2.05, 4.69) is 6.92 Å². The molecule has 1 amide bonds. The fraction of sp³-hybridized carbons (Fsp3) is 0.333. The van der Waals surface area contributed by atoms with Crippen molar-refractivity contribution in [2.75, 3.05) is 26.9 Å². The first-order chi connectivity index (χ1) is 14.5. The number of amides is 1. The number of hydrogen-bond donors (Lipinski definition) is 0. The Bertz CT molecular complexity index is 1130. The molecule has 0 radical (unpaired) electrons. The Morgan fingerprint density at radius 1 is 1.07 bits per heavy atom. The van der Waals surface area contributed by atoms with Crippen LogP contribution in [0.3, 0.4) is 0 Å². The van der Waals surface area contributed by atoms with Crippen LogP contribution in [0.5, 0.6) is 5.75 Å². The van der Waals surface area contributed by atoms with Gasteiger partial charge >= 0.3 is 0 Å². The molecule has 1 unspecified atom stereocenters. The summed E-state index contributed by atoms with van der Waals surface area (Å²) in [6.45, 7) is 5.33. The van der Waals surface area contributed by atoms with Gasteiger partial charge in [0.2, 0.25) is 5.76 Å². The number of rotatable bonds is 7. The van der Waals surface area contributed by atoms with Gasteiger partial charge in [-0.15, -0.1) is 0 Å². The number of carbonyl (C=O) groups excluding carboxylic acids is 1. The summed E-state index contributed by atoms with van der Waals surface area (Å²) in [5.74, 6) is 0.580. The maximum Gasteiger partial charge on any atom is 0.290 e. The van der Waals surface area contributed by atoms with Gasteiger partial charge in [-0.2, -0.15) is 0 Å². The summed E-state index contributed by atoms with van der Waals surface area (Å²) in [6.07, 6.45) is 0.921. The van der Waals surface area contributed by atoms with Gasteiger partial charge in [-0.1, -0.05) is 30.7 Å². The second-order valence-electron chi connectivity index (χ2n) is 7.48. The average Bonchev–Trinajstić information content (AvgIpc) is 3.03. The van der Waals surface area contributed by atoms with Crippen LogP contribution in [0, 0.1) is 6.92 Å². The van der Waals surface area contributed by atoms with E-state index < -0.39 is 6.04 Å². The van der Waals surface area contributed by atoms with Crippen molar-refractivity contribution in [2.24, 2.45) is 0 Å². The minimum absolute atomic E-state index is 0.115. The van der Waals surface area contributed by atoms with E-state index in [0.717, 1.165) is 23.3 Å². The molecular weight excluding hydrogens is 382 g/mol. The lowest BCUT2D eigenvalue weighted by molar-refractivity contribution is 0.0663. The van der Waals surface area contributed by atoms with Gasteiger partial charge < -0.3 is 18.8 Å². The maximum absolute atomic E-state index is 13.4. The molecule has 0 saturated heterocycles. The van der Waals surface area contributed by atoms with Crippen LogP contribution in [-0.2, 0) is 4.74 Å². The van der Waals surface area contributed by atoms with Gasteiger partial charge in [0.25, 0.3) is 5.91 Å².